The molecular formula is C27H29Cl2N3O4. The molecule has 0 bridgehead atoms. The highest BCUT2D eigenvalue weighted by molar-refractivity contribution is 6.47. The predicted octanol–water partition coefficient (Wildman–Crippen LogP) is 5.50. The van der Waals surface area contributed by atoms with E-state index in [-0.39, 0.29) is 30.8 Å². The van der Waals surface area contributed by atoms with E-state index in [1.165, 1.54) is 0 Å². The molecule has 2 aromatic rings. The number of carbonyl (C=O) groups excluding carboxylic acids is 2. The molecule has 4 rings (SSSR count). The first-order valence-corrected chi connectivity index (χ1v) is 12.9. The van der Waals surface area contributed by atoms with Gasteiger partial charge in [0.2, 0.25) is 0 Å². The summed E-state index contributed by atoms with van der Waals surface area (Å²) >= 11 is 12.5. The van der Waals surface area contributed by atoms with E-state index in [1.54, 1.807) is 30.3 Å². The Hall–Kier alpha value is -2.90. The van der Waals surface area contributed by atoms with Gasteiger partial charge in [-0.25, -0.2) is 0 Å². The molecule has 1 aliphatic heterocycles. The van der Waals surface area contributed by atoms with Gasteiger partial charge in [-0.2, -0.15) is 0 Å². The van der Waals surface area contributed by atoms with E-state index < -0.39 is 11.6 Å². The highest BCUT2D eigenvalue weighted by Crippen LogP contribution is 2.46. The third-order valence-electron chi connectivity index (χ3n) is 6.94. The Kier molecular flexibility index (Phi) is 7.71. The molecule has 1 fully saturated rings. The fourth-order valence-corrected chi connectivity index (χ4v) is 5.82. The van der Waals surface area contributed by atoms with Crippen LogP contribution < -0.4 is 5.32 Å². The van der Waals surface area contributed by atoms with E-state index in [0.717, 1.165) is 31.2 Å². The van der Waals surface area contributed by atoms with Crippen LogP contribution in [-0.4, -0.2) is 45.7 Å². The Morgan fingerprint density at radius 3 is 2.47 bits per heavy atom. The number of carbonyl (C=O) groups is 3. The summed E-state index contributed by atoms with van der Waals surface area (Å²) < 4.78 is 0. The second-order valence-electron chi connectivity index (χ2n) is 9.68. The number of benzene rings is 2. The average Bonchev–Trinajstić information content (AvgIpc) is 3.08. The van der Waals surface area contributed by atoms with E-state index >= 15 is 0 Å². The number of nitrogens with one attached hydrogen (secondary N) is 1. The van der Waals surface area contributed by atoms with E-state index in [9.17, 15) is 14.4 Å². The topological polar surface area (TPSA) is 99.1 Å². The summed E-state index contributed by atoms with van der Waals surface area (Å²) in [6, 6.07) is 11.8. The van der Waals surface area contributed by atoms with Crippen LogP contribution in [0.15, 0.2) is 47.5 Å². The maximum atomic E-state index is 13.9. The van der Waals surface area contributed by atoms with Crippen molar-refractivity contribution < 1.29 is 19.5 Å². The number of carboxylic acids is 1. The Morgan fingerprint density at radius 1 is 1.19 bits per heavy atom. The first-order chi connectivity index (χ1) is 17.1. The molecule has 0 radical (unpaired) electrons. The van der Waals surface area contributed by atoms with Crippen molar-refractivity contribution in [3.8, 4) is 0 Å². The molecule has 2 aliphatic rings. The molecule has 1 aliphatic carbocycles. The molecule has 1 saturated carbocycles. The molecule has 1 heterocycles. The Morgan fingerprint density at radius 2 is 1.86 bits per heavy atom. The molecule has 2 aromatic carbocycles. The zero-order valence-corrected chi connectivity index (χ0v) is 21.8. The van der Waals surface area contributed by atoms with Gasteiger partial charge in [-0.15, -0.1) is 0 Å². The first kappa shape index (κ1) is 26.2. The van der Waals surface area contributed by atoms with Crippen molar-refractivity contribution in [3.63, 3.8) is 0 Å². The molecule has 2 N–H and O–H groups in total. The number of carboxylic acid groups (broad SMARTS) is 1. The number of rotatable bonds is 7. The fourth-order valence-electron chi connectivity index (χ4n) is 5.29. The van der Waals surface area contributed by atoms with Crippen LogP contribution in [0, 0.1) is 5.92 Å². The summed E-state index contributed by atoms with van der Waals surface area (Å²) in [6.07, 6.45) is 3.47. The Bertz CT molecular complexity index is 1190. The van der Waals surface area contributed by atoms with Gasteiger partial charge in [-0.05, 0) is 68.0 Å². The third kappa shape index (κ3) is 5.42. The molecule has 36 heavy (non-hydrogen) atoms. The minimum atomic E-state index is -0.970. The highest BCUT2D eigenvalue weighted by atomic mass is 35.5. The Balaban J connectivity index is 1.62. The van der Waals surface area contributed by atoms with Gasteiger partial charge < -0.3 is 15.3 Å². The van der Waals surface area contributed by atoms with Gasteiger partial charge in [0, 0.05) is 27.7 Å². The minimum Gasteiger partial charge on any atom is -0.481 e. The number of halogens is 2. The van der Waals surface area contributed by atoms with E-state index in [2.05, 4.69) is 12.2 Å². The average molecular weight is 530 g/mol. The Labute approximate surface area is 220 Å². The van der Waals surface area contributed by atoms with Crippen LogP contribution in [0.4, 0.5) is 0 Å². The molecule has 2 amide bonds. The quantitative estimate of drug-likeness (QED) is 0.494. The maximum absolute atomic E-state index is 13.9. The van der Waals surface area contributed by atoms with Gasteiger partial charge in [0.15, 0.2) is 0 Å². The van der Waals surface area contributed by atoms with Crippen LogP contribution >= 0.6 is 23.2 Å². The van der Waals surface area contributed by atoms with Crippen LogP contribution in [0.5, 0.6) is 0 Å². The number of hydrogen-bond donors (Lipinski definition) is 2. The number of hydrogen-bond acceptors (Lipinski definition) is 4. The summed E-state index contributed by atoms with van der Waals surface area (Å²) in [4.78, 5) is 43.8. The second kappa shape index (κ2) is 10.6. The monoisotopic (exact) mass is 529 g/mol. The molecule has 7 nitrogen and oxygen atoms in total. The maximum Gasteiger partial charge on any atom is 0.305 e. The molecule has 0 aromatic heterocycles. The molecule has 9 heteroatoms. The van der Waals surface area contributed by atoms with Crippen LogP contribution in [0.3, 0.4) is 0 Å². The van der Waals surface area contributed by atoms with Crippen molar-refractivity contribution in [1.82, 2.24) is 10.2 Å². The number of amides is 2. The predicted molar refractivity (Wildman–Crippen MR) is 140 cm³/mol. The molecular weight excluding hydrogens is 501 g/mol. The smallest absolute Gasteiger partial charge is 0.305 e. The number of nitrogens with zero attached hydrogens (tertiary/aromatic N) is 2. The van der Waals surface area contributed by atoms with E-state index in [1.807, 2.05) is 24.0 Å². The lowest BCUT2D eigenvalue weighted by Crippen LogP contribution is -2.50. The lowest BCUT2D eigenvalue weighted by molar-refractivity contribution is -0.137. The largest absolute Gasteiger partial charge is 0.481 e. The van der Waals surface area contributed by atoms with Crippen LogP contribution in [0.25, 0.3) is 0 Å². The van der Waals surface area contributed by atoms with Crippen molar-refractivity contribution in [2.75, 3.05) is 6.54 Å². The molecule has 1 spiro atoms. The van der Waals surface area contributed by atoms with Gasteiger partial charge in [0.05, 0.1) is 12.5 Å². The molecule has 3 atom stereocenters. The van der Waals surface area contributed by atoms with Crippen molar-refractivity contribution >= 4 is 46.7 Å². The van der Waals surface area contributed by atoms with Crippen LogP contribution in [-0.2, 0) is 9.59 Å². The highest BCUT2D eigenvalue weighted by Gasteiger charge is 2.51. The second-order valence-corrected chi connectivity index (χ2v) is 10.5. The first-order valence-electron chi connectivity index (χ1n) is 12.1. The summed E-state index contributed by atoms with van der Waals surface area (Å²) in [5.41, 5.74) is 1.64. The summed E-state index contributed by atoms with van der Waals surface area (Å²) in [5.74, 6) is -1.05. The SMILES string of the molecule is CC1CCCC2(C1)N=C(c1cc(Cl)cc(Cl)c1)C(=O)N2[C@H](C)c1ccc(C(=O)NCCC(=O)O)cc1. The zero-order chi connectivity index (χ0) is 26.0. The normalized spacial score (nSPS) is 22.4. The number of aliphatic imine (C=N–C) groups is 1. The molecule has 0 saturated heterocycles. The summed E-state index contributed by atoms with van der Waals surface area (Å²) in [7, 11) is 0. The third-order valence-corrected chi connectivity index (χ3v) is 7.38. The van der Waals surface area contributed by atoms with Crippen LogP contribution in [0.2, 0.25) is 10.0 Å². The van der Waals surface area contributed by atoms with Crippen molar-refractivity contribution in [2.45, 2.75) is 57.7 Å². The van der Waals surface area contributed by atoms with Gasteiger partial charge in [-0.1, -0.05) is 48.7 Å². The summed E-state index contributed by atoms with van der Waals surface area (Å²) in [5, 5.41) is 12.2. The lowest BCUT2D eigenvalue weighted by atomic mass is 9.81. The zero-order valence-electron chi connectivity index (χ0n) is 20.3. The van der Waals surface area contributed by atoms with E-state index in [0.29, 0.717) is 32.8 Å². The molecule has 2 unspecified atom stereocenters. The van der Waals surface area contributed by atoms with Gasteiger partial charge in [0.1, 0.15) is 11.4 Å². The van der Waals surface area contributed by atoms with Crippen molar-refractivity contribution in [2.24, 2.45) is 10.9 Å². The van der Waals surface area contributed by atoms with E-state index in [4.69, 9.17) is 33.3 Å². The van der Waals surface area contributed by atoms with Gasteiger partial charge in [0.25, 0.3) is 11.8 Å². The minimum absolute atomic E-state index is 0.0585. The number of aliphatic carboxylic acids is 1. The lowest BCUT2D eigenvalue weighted by Gasteiger charge is -2.44. The summed E-state index contributed by atoms with van der Waals surface area (Å²) in [6.45, 7) is 4.23. The van der Waals surface area contributed by atoms with Gasteiger partial charge >= 0.3 is 5.97 Å². The van der Waals surface area contributed by atoms with Crippen molar-refractivity contribution in [3.05, 3.63) is 69.2 Å². The van der Waals surface area contributed by atoms with Crippen molar-refractivity contribution in [1.29, 1.82) is 0 Å². The standard InChI is InChI=1S/C27H29Cl2N3O4/c1-16-4-3-10-27(15-16)31-24(20-12-21(28)14-22(29)13-20)26(36)32(27)17(2)18-5-7-19(8-6-18)25(35)30-11-9-23(33)34/h5-8,12-14,16-17H,3-4,9-11,15H2,1-2H3,(H,30,35)(H,33,34)/t16?,17-,27?/m1/s1. The van der Waals surface area contributed by atoms with Gasteiger partial charge in [-0.3, -0.25) is 19.4 Å². The van der Waals surface area contributed by atoms with Crippen LogP contribution in [0.1, 0.15) is 73.5 Å². The fraction of sp³-hybridized carbons (Fsp3) is 0.407. The molecule has 190 valence electrons.